The van der Waals surface area contributed by atoms with Gasteiger partial charge in [-0.1, -0.05) is 61.0 Å². The first kappa shape index (κ1) is 59.0. The van der Waals surface area contributed by atoms with Gasteiger partial charge in [0.25, 0.3) is 0 Å². The number of ketones is 2. The lowest BCUT2D eigenvalue weighted by Gasteiger charge is -2.31. The topological polar surface area (TPSA) is 371 Å². The summed E-state index contributed by atoms with van der Waals surface area (Å²) in [7, 11) is 0. The van der Waals surface area contributed by atoms with Crippen LogP contribution in [0, 0.1) is 0 Å². The fraction of sp³-hybridized carbons (Fsp3) is 0.481. The summed E-state index contributed by atoms with van der Waals surface area (Å²) in [5.74, 6) is -7.32. The molecule has 0 spiro atoms. The lowest BCUT2D eigenvalue weighted by Crippen LogP contribution is -2.61. The number of rotatable bonds is 16. The molecule has 3 aromatic rings. The molecular formula is C54H71N13O11. The van der Waals surface area contributed by atoms with E-state index in [2.05, 4.69) is 52.2 Å². The van der Waals surface area contributed by atoms with Crippen molar-refractivity contribution in [2.24, 2.45) is 21.5 Å². The highest BCUT2D eigenvalue weighted by Crippen LogP contribution is 2.23. The van der Waals surface area contributed by atoms with Gasteiger partial charge in [-0.2, -0.15) is 0 Å². The molecule has 0 saturated carbocycles. The van der Waals surface area contributed by atoms with Crippen molar-refractivity contribution in [3.05, 3.63) is 83.7 Å². The van der Waals surface area contributed by atoms with Crippen LogP contribution in [0.5, 0.6) is 0 Å². The fourth-order valence-corrected chi connectivity index (χ4v) is 9.65. The number of carbonyl (C=O) groups is 10. The zero-order chi connectivity index (χ0) is 56.3. The molecule has 8 atom stereocenters. The van der Waals surface area contributed by atoms with Crippen LogP contribution in [0.3, 0.4) is 0 Å². The summed E-state index contributed by atoms with van der Waals surface area (Å²) in [5.41, 5.74) is 13.6. The van der Waals surface area contributed by atoms with Crippen LogP contribution in [0.1, 0.15) is 95.6 Å². The monoisotopic (exact) mass is 1080 g/mol. The van der Waals surface area contributed by atoms with Crippen molar-refractivity contribution in [1.82, 2.24) is 47.1 Å². The Bertz CT molecular complexity index is 2770. The van der Waals surface area contributed by atoms with Gasteiger partial charge in [0.15, 0.2) is 11.7 Å². The molecule has 2 fully saturated rings. The second-order valence-electron chi connectivity index (χ2n) is 19.7. The SMILES string of the molecule is CC(=O)N[C@H]1CCCCC(=O)C[C@@H](C(=O)N2CCC[C@H]2C(=O)N[C@@H](CO)C(C)=O)NC(=O)[C@H](Cc2c[nH]c3ccccc23)NC(=O)[C@H](CCCN=C(N)N)NC(=O)[C@@H](Cc2ccccc2)NC(=O)[C@H](CC2=CCC=N2)NC1=O. The average molecular weight is 1080 g/mol. The normalized spacial score (nSPS) is 23.5. The van der Waals surface area contributed by atoms with E-state index >= 15 is 0 Å². The van der Waals surface area contributed by atoms with Gasteiger partial charge in [-0.05, 0) is 62.6 Å². The third kappa shape index (κ3) is 17.1. The van der Waals surface area contributed by atoms with E-state index in [1.165, 1.54) is 18.7 Å². The summed E-state index contributed by atoms with van der Waals surface area (Å²) in [6.07, 6.45) is 5.47. The van der Waals surface area contributed by atoms with Crippen LogP contribution in [0.25, 0.3) is 10.9 Å². The molecule has 0 bridgehead atoms. The molecule has 6 rings (SSSR count). The van der Waals surface area contributed by atoms with Crippen molar-refractivity contribution in [1.29, 1.82) is 0 Å². The number of aliphatic imine (C=N–C) groups is 2. The molecule has 24 nitrogen and oxygen atoms in total. The van der Waals surface area contributed by atoms with Crippen molar-refractivity contribution in [3.63, 3.8) is 0 Å². The Hall–Kier alpha value is -8.28. The van der Waals surface area contributed by atoms with E-state index in [0.717, 1.165) is 5.52 Å². The fourth-order valence-electron chi connectivity index (χ4n) is 9.65. The van der Waals surface area contributed by atoms with Gasteiger partial charge in [0.05, 0.1) is 6.61 Å². The zero-order valence-electron chi connectivity index (χ0n) is 43.9. The number of H-pyrrole nitrogens is 1. The van der Waals surface area contributed by atoms with Crippen LogP contribution in [-0.4, -0.2) is 154 Å². The summed E-state index contributed by atoms with van der Waals surface area (Å²) in [4.78, 5) is 153. The number of benzene rings is 2. The van der Waals surface area contributed by atoms with Crippen LogP contribution in [0.4, 0.5) is 0 Å². The highest BCUT2D eigenvalue weighted by molar-refractivity contribution is 6.00. The smallest absolute Gasteiger partial charge is 0.246 e. The third-order valence-electron chi connectivity index (χ3n) is 13.8. The van der Waals surface area contributed by atoms with E-state index in [1.807, 2.05) is 18.2 Å². The van der Waals surface area contributed by atoms with Crippen LogP contribution in [0.2, 0.25) is 0 Å². The minimum atomic E-state index is -1.59. The van der Waals surface area contributed by atoms with E-state index < -0.39 is 120 Å². The molecule has 3 aliphatic rings. The van der Waals surface area contributed by atoms with E-state index in [0.29, 0.717) is 35.1 Å². The molecule has 24 heteroatoms. The van der Waals surface area contributed by atoms with Crippen LogP contribution >= 0.6 is 0 Å². The lowest BCUT2D eigenvalue weighted by molar-refractivity contribution is -0.143. The first-order valence-electron chi connectivity index (χ1n) is 26.3. The van der Waals surface area contributed by atoms with Crippen LogP contribution in [0.15, 0.2) is 82.6 Å². The van der Waals surface area contributed by atoms with Gasteiger partial charge in [0.2, 0.25) is 47.3 Å². The molecule has 13 N–H and O–H groups in total. The van der Waals surface area contributed by atoms with Gasteiger partial charge in [-0.3, -0.25) is 57.9 Å². The number of nitrogens with one attached hydrogen (secondary N) is 8. The summed E-state index contributed by atoms with van der Waals surface area (Å²) in [6.45, 7) is 1.81. The van der Waals surface area contributed by atoms with Gasteiger partial charge in [0, 0.05) is 87.5 Å². The Labute approximate surface area is 451 Å². The second kappa shape index (κ2) is 28.7. The van der Waals surface area contributed by atoms with Crippen molar-refractivity contribution >= 4 is 81.9 Å². The third-order valence-corrected chi connectivity index (χ3v) is 13.8. The summed E-state index contributed by atoms with van der Waals surface area (Å²) in [6, 6.07) is 5.30. The summed E-state index contributed by atoms with van der Waals surface area (Å²) >= 11 is 0. The van der Waals surface area contributed by atoms with Gasteiger partial charge in [-0.15, -0.1) is 0 Å². The number of aliphatic hydroxyl groups excluding tert-OH is 1. The van der Waals surface area contributed by atoms with Gasteiger partial charge < -0.3 is 63.7 Å². The number of aromatic nitrogens is 1. The predicted octanol–water partition coefficient (Wildman–Crippen LogP) is -0.726. The minimum absolute atomic E-state index is 0.0193. The van der Waals surface area contributed by atoms with Crippen molar-refractivity contribution in [3.8, 4) is 0 Å². The maximum Gasteiger partial charge on any atom is 0.246 e. The number of nitrogens with zero attached hydrogens (tertiary/aromatic N) is 3. The molecular weight excluding hydrogens is 1010 g/mol. The van der Waals surface area contributed by atoms with Crippen molar-refractivity contribution in [2.75, 3.05) is 19.7 Å². The largest absolute Gasteiger partial charge is 0.394 e. The molecule has 2 aromatic carbocycles. The number of allylic oxidation sites excluding steroid dienone is 1. The number of aliphatic hydroxyl groups is 1. The number of fused-ring (bicyclic) bond motifs is 1. The molecule has 1 aromatic heterocycles. The maximum atomic E-state index is 15.0. The van der Waals surface area contributed by atoms with Gasteiger partial charge in [0.1, 0.15) is 54.1 Å². The Morgan fingerprint density at radius 3 is 2.12 bits per heavy atom. The Kier molecular flexibility index (Phi) is 21.7. The van der Waals surface area contributed by atoms with Gasteiger partial charge >= 0.3 is 0 Å². The summed E-state index contributed by atoms with van der Waals surface area (Å²) in [5, 5.41) is 29.5. The molecule has 2 saturated heterocycles. The predicted molar refractivity (Wildman–Crippen MR) is 288 cm³/mol. The Morgan fingerprint density at radius 1 is 0.782 bits per heavy atom. The number of nitrogens with two attached hydrogens (primary N) is 2. The molecule has 0 aliphatic carbocycles. The Balaban J connectivity index is 1.41. The van der Waals surface area contributed by atoms with E-state index in [4.69, 9.17) is 11.5 Å². The number of aromatic amines is 1. The van der Waals surface area contributed by atoms with E-state index in [9.17, 15) is 53.1 Å². The number of hydrogen-bond donors (Lipinski definition) is 11. The van der Waals surface area contributed by atoms with Crippen LogP contribution < -0.4 is 48.7 Å². The lowest BCUT2D eigenvalue weighted by atomic mass is 9.99. The molecule has 78 heavy (non-hydrogen) atoms. The van der Waals surface area contributed by atoms with E-state index in [-0.39, 0.29) is 83.3 Å². The highest BCUT2D eigenvalue weighted by atomic mass is 16.3. The summed E-state index contributed by atoms with van der Waals surface area (Å²) < 4.78 is 0. The number of likely N-dealkylation sites (tertiary alicyclic amines) is 1. The quantitative estimate of drug-likeness (QED) is 0.0480. The maximum absolute atomic E-state index is 15.0. The van der Waals surface area contributed by atoms with E-state index in [1.54, 1.807) is 54.9 Å². The molecule has 3 aliphatic heterocycles. The molecule has 8 amide bonds. The van der Waals surface area contributed by atoms with Crippen LogP contribution in [-0.2, 0) is 60.8 Å². The number of para-hydroxylation sites is 1. The van der Waals surface area contributed by atoms with Crippen molar-refractivity contribution in [2.45, 2.75) is 146 Å². The number of Topliss-reactive ketones (excluding diaryl/α,β-unsaturated/α-hetero) is 2. The number of amides is 8. The number of guanidine groups is 1. The average Bonchev–Trinajstić information content (AvgIpc) is 4.22. The first-order valence-corrected chi connectivity index (χ1v) is 26.3. The van der Waals surface area contributed by atoms with Crippen molar-refractivity contribution < 1.29 is 53.1 Å². The first-order chi connectivity index (χ1) is 37.4. The highest BCUT2D eigenvalue weighted by Gasteiger charge is 2.41. The Morgan fingerprint density at radius 2 is 1.44 bits per heavy atom. The zero-order valence-corrected chi connectivity index (χ0v) is 43.9. The number of hydrogen-bond acceptors (Lipinski definition) is 13. The van der Waals surface area contributed by atoms with Gasteiger partial charge in [-0.25, -0.2) is 0 Å². The number of carbonyl (C=O) groups excluding carboxylic acids is 10. The molecule has 0 unspecified atom stereocenters. The molecule has 418 valence electrons. The standard InChI is InChI=1S/C54H71N13O11/c1-31(69)45(30-68)66-52(77)46-21-12-24-67(46)53(78)44-28-36(71)16-6-8-19-39(60-32(2)70)47(72)64-43(27-35-15-10-22-57-35)51(76)62-41(25-33-13-4-3-5-14-33)49(74)61-40(20-11-23-58-54(55)56)48(73)63-42(50(75)65-44)26-34-29-59-38-18-9-7-17-37(34)38/h3-5,7,9,13-15,17-18,22,29,39-46,59,68H,6,8,10-12,16,19-21,23-28,30H2,1-2H3,(H,60,70)(H,61,74)(H,62,76)(H,63,73)(H,64,72)(H,65,75)(H,66,77)(H4,55,56,58)/t39-,40-,41+,42-,43-,44-,45-,46-/m0/s1. The molecule has 0 radical (unpaired) electrons. The second-order valence-corrected chi connectivity index (χ2v) is 19.7. The minimum Gasteiger partial charge on any atom is -0.394 e. The molecule has 4 heterocycles.